The number of hydrogen-bond donors (Lipinski definition) is 1. The van der Waals surface area contributed by atoms with Crippen LogP contribution in [0.2, 0.25) is 10.0 Å². The van der Waals surface area contributed by atoms with Crippen LogP contribution >= 0.6 is 39.1 Å². The van der Waals surface area contributed by atoms with Crippen molar-refractivity contribution in [1.82, 2.24) is 0 Å². The Kier molecular flexibility index (Phi) is 5.49. The van der Waals surface area contributed by atoms with Gasteiger partial charge in [0.15, 0.2) is 0 Å². The number of furan rings is 1. The summed E-state index contributed by atoms with van der Waals surface area (Å²) in [5.74, 6) is -0.984. The Hall–Kier alpha value is -2.54. The highest BCUT2D eigenvalue weighted by atomic mass is 79.9. The number of carbonyl (C=O) groups is 2. The van der Waals surface area contributed by atoms with Gasteiger partial charge in [0, 0.05) is 15.7 Å². The fourth-order valence-electron chi connectivity index (χ4n) is 3.39. The summed E-state index contributed by atoms with van der Waals surface area (Å²) in [4.78, 5) is 27.3. The van der Waals surface area contributed by atoms with E-state index in [4.69, 9.17) is 27.6 Å². The standard InChI is InChI=1S/C22H14BrCl2NO4/c1-11-5-8-17(30-11)19-18(20(27)12-6-7-15(24)16(25)9-12)21(28)22(29)26(19)14-4-2-3-13(23)10-14/h2-10,19,27H,1H3/b20-18-. The first-order valence-corrected chi connectivity index (χ1v) is 10.4. The molecule has 1 saturated heterocycles. The summed E-state index contributed by atoms with van der Waals surface area (Å²) in [5, 5.41) is 11.5. The zero-order chi connectivity index (χ0) is 21.6. The third-order valence-electron chi connectivity index (χ3n) is 4.75. The van der Waals surface area contributed by atoms with Crippen LogP contribution in [-0.2, 0) is 9.59 Å². The number of nitrogens with zero attached hydrogens (tertiary/aromatic N) is 1. The SMILES string of the molecule is Cc1ccc(C2/C(=C(/O)c3ccc(Cl)c(Cl)c3)C(=O)C(=O)N2c2cccc(Br)c2)o1. The first-order chi connectivity index (χ1) is 14.3. The largest absolute Gasteiger partial charge is 0.507 e. The maximum Gasteiger partial charge on any atom is 0.300 e. The predicted octanol–water partition coefficient (Wildman–Crippen LogP) is 6.28. The summed E-state index contributed by atoms with van der Waals surface area (Å²) in [6, 6.07) is 13.9. The molecule has 1 unspecified atom stereocenters. The average molecular weight is 507 g/mol. The second-order valence-corrected chi connectivity index (χ2v) is 8.46. The van der Waals surface area contributed by atoms with E-state index >= 15 is 0 Å². The number of aryl methyl sites for hydroxylation is 1. The summed E-state index contributed by atoms with van der Waals surface area (Å²) in [6.07, 6.45) is 0. The lowest BCUT2D eigenvalue weighted by Crippen LogP contribution is -2.29. The van der Waals surface area contributed by atoms with Crippen LogP contribution in [-0.4, -0.2) is 16.8 Å². The highest BCUT2D eigenvalue weighted by Gasteiger charge is 2.48. The maximum atomic E-state index is 13.0. The zero-order valence-corrected chi connectivity index (χ0v) is 18.6. The van der Waals surface area contributed by atoms with Gasteiger partial charge in [0.25, 0.3) is 11.7 Å². The molecule has 0 radical (unpaired) electrons. The minimum atomic E-state index is -0.942. The van der Waals surface area contributed by atoms with E-state index in [-0.39, 0.29) is 21.9 Å². The third-order valence-corrected chi connectivity index (χ3v) is 5.99. The molecule has 2 heterocycles. The van der Waals surface area contributed by atoms with Crippen LogP contribution in [0.3, 0.4) is 0 Å². The Morgan fingerprint density at radius 2 is 1.83 bits per heavy atom. The number of carbonyl (C=O) groups excluding carboxylic acids is 2. The van der Waals surface area contributed by atoms with Gasteiger partial charge >= 0.3 is 0 Å². The van der Waals surface area contributed by atoms with Crippen molar-refractivity contribution in [2.24, 2.45) is 0 Å². The van der Waals surface area contributed by atoms with Gasteiger partial charge in [-0.05, 0) is 55.5 Å². The minimum absolute atomic E-state index is 0.0901. The van der Waals surface area contributed by atoms with Gasteiger partial charge in [-0.15, -0.1) is 0 Å². The molecule has 1 atom stereocenters. The van der Waals surface area contributed by atoms with E-state index < -0.39 is 17.7 Å². The molecule has 8 heteroatoms. The molecular formula is C22H14BrCl2NO4. The number of ketones is 1. The Labute approximate surface area is 190 Å². The summed E-state index contributed by atoms with van der Waals surface area (Å²) in [5.41, 5.74) is 0.663. The molecule has 1 fully saturated rings. The molecule has 1 N–H and O–H groups in total. The molecule has 1 amide bonds. The molecule has 1 aliphatic rings. The average Bonchev–Trinajstić information content (AvgIpc) is 3.25. The topological polar surface area (TPSA) is 70.8 Å². The number of aliphatic hydroxyl groups is 1. The lowest BCUT2D eigenvalue weighted by molar-refractivity contribution is -0.132. The molecular weight excluding hydrogens is 493 g/mol. The highest BCUT2D eigenvalue weighted by molar-refractivity contribution is 9.10. The van der Waals surface area contributed by atoms with Crippen molar-refractivity contribution in [2.75, 3.05) is 4.90 Å². The van der Waals surface area contributed by atoms with Gasteiger partial charge in [0.05, 0.1) is 15.6 Å². The Morgan fingerprint density at radius 1 is 1.07 bits per heavy atom. The maximum absolute atomic E-state index is 13.0. The van der Waals surface area contributed by atoms with Crippen molar-refractivity contribution in [1.29, 1.82) is 0 Å². The molecule has 0 saturated carbocycles. The van der Waals surface area contributed by atoms with E-state index in [0.29, 0.717) is 22.2 Å². The van der Waals surface area contributed by atoms with Crippen LogP contribution < -0.4 is 4.90 Å². The van der Waals surface area contributed by atoms with E-state index in [1.54, 1.807) is 37.3 Å². The number of benzene rings is 2. The number of anilines is 1. The second kappa shape index (κ2) is 7.95. The quantitative estimate of drug-likeness (QED) is 0.257. The fraction of sp³-hybridized carbons (Fsp3) is 0.0909. The molecule has 5 nitrogen and oxygen atoms in total. The van der Waals surface area contributed by atoms with Gasteiger partial charge in [-0.25, -0.2) is 0 Å². The summed E-state index contributed by atoms with van der Waals surface area (Å²) >= 11 is 15.4. The van der Waals surface area contributed by atoms with Gasteiger partial charge < -0.3 is 9.52 Å². The van der Waals surface area contributed by atoms with Crippen LogP contribution in [0.15, 0.2) is 69.1 Å². The molecule has 0 spiro atoms. The lowest BCUT2D eigenvalue weighted by Gasteiger charge is -2.23. The first kappa shape index (κ1) is 20.7. The van der Waals surface area contributed by atoms with Crippen LogP contribution in [0.5, 0.6) is 0 Å². The van der Waals surface area contributed by atoms with E-state index in [9.17, 15) is 14.7 Å². The van der Waals surface area contributed by atoms with Crippen molar-refractivity contribution in [2.45, 2.75) is 13.0 Å². The Bertz CT molecular complexity index is 1220. The van der Waals surface area contributed by atoms with Crippen molar-refractivity contribution < 1.29 is 19.1 Å². The molecule has 3 aromatic rings. The van der Waals surface area contributed by atoms with E-state index in [0.717, 1.165) is 4.47 Å². The Morgan fingerprint density at radius 3 is 2.47 bits per heavy atom. The molecule has 0 aliphatic carbocycles. The van der Waals surface area contributed by atoms with E-state index in [2.05, 4.69) is 15.9 Å². The van der Waals surface area contributed by atoms with Crippen LogP contribution in [0.1, 0.15) is 23.1 Å². The van der Waals surface area contributed by atoms with Crippen LogP contribution in [0.25, 0.3) is 5.76 Å². The van der Waals surface area contributed by atoms with Gasteiger partial charge in [0.1, 0.15) is 23.3 Å². The van der Waals surface area contributed by atoms with Crippen LogP contribution in [0, 0.1) is 6.92 Å². The Balaban J connectivity index is 1.95. The van der Waals surface area contributed by atoms with Crippen molar-refractivity contribution in [3.63, 3.8) is 0 Å². The number of hydrogen-bond acceptors (Lipinski definition) is 4. The fourth-order valence-corrected chi connectivity index (χ4v) is 4.08. The second-order valence-electron chi connectivity index (χ2n) is 6.73. The van der Waals surface area contributed by atoms with E-state index in [1.165, 1.54) is 23.1 Å². The normalized spacial score (nSPS) is 18.3. The monoisotopic (exact) mass is 505 g/mol. The van der Waals surface area contributed by atoms with Crippen molar-refractivity contribution in [3.05, 3.63) is 91.8 Å². The number of amides is 1. The molecule has 152 valence electrons. The number of aliphatic hydroxyl groups excluding tert-OH is 1. The third kappa shape index (κ3) is 3.55. The highest BCUT2D eigenvalue weighted by Crippen LogP contribution is 2.43. The van der Waals surface area contributed by atoms with Crippen molar-refractivity contribution >= 4 is 62.3 Å². The number of rotatable bonds is 3. The minimum Gasteiger partial charge on any atom is -0.507 e. The molecule has 30 heavy (non-hydrogen) atoms. The van der Waals surface area contributed by atoms with E-state index in [1.807, 2.05) is 6.07 Å². The molecule has 4 rings (SSSR count). The number of halogens is 3. The molecule has 2 aromatic carbocycles. The van der Waals surface area contributed by atoms with Crippen molar-refractivity contribution in [3.8, 4) is 0 Å². The zero-order valence-electron chi connectivity index (χ0n) is 15.5. The van der Waals surface area contributed by atoms with Gasteiger partial charge in [-0.1, -0.05) is 45.2 Å². The van der Waals surface area contributed by atoms with Gasteiger partial charge in [0.2, 0.25) is 0 Å². The summed E-state index contributed by atoms with van der Waals surface area (Å²) in [7, 11) is 0. The van der Waals surface area contributed by atoms with Gasteiger partial charge in [-0.3, -0.25) is 14.5 Å². The summed E-state index contributed by atoms with van der Waals surface area (Å²) < 4.78 is 6.49. The lowest BCUT2D eigenvalue weighted by atomic mass is 9.99. The molecule has 1 aromatic heterocycles. The first-order valence-electron chi connectivity index (χ1n) is 8.86. The molecule has 0 bridgehead atoms. The van der Waals surface area contributed by atoms with Gasteiger partial charge in [-0.2, -0.15) is 0 Å². The van der Waals surface area contributed by atoms with Crippen LogP contribution in [0.4, 0.5) is 5.69 Å². The number of Topliss-reactive ketones (excluding diaryl/α,β-unsaturated/α-hetero) is 1. The molecule has 1 aliphatic heterocycles. The predicted molar refractivity (Wildman–Crippen MR) is 119 cm³/mol. The summed E-state index contributed by atoms with van der Waals surface area (Å²) in [6.45, 7) is 1.76. The smallest absolute Gasteiger partial charge is 0.300 e.